The first-order chi connectivity index (χ1) is 11.5. The summed E-state index contributed by atoms with van der Waals surface area (Å²) in [7, 11) is 3.56. The Hall–Kier alpha value is -2.67. The van der Waals surface area contributed by atoms with Gasteiger partial charge in [-0.15, -0.1) is 0 Å². The van der Waals surface area contributed by atoms with E-state index >= 15 is 0 Å². The number of amides is 2. The monoisotopic (exact) mass is 327 g/mol. The Labute approximate surface area is 140 Å². The maximum Gasteiger partial charge on any atom is 0.246 e. The number of carbonyl (C=O) groups excluding carboxylic acids is 2. The molecule has 1 aromatic heterocycles. The molecule has 1 aliphatic heterocycles. The fraction of sp³-hybridized carbons (Fsp3) is 0.353. The predicted octanol–water partition coefficient (Wildman–Crippen LogP) is 1.23. The SMILES string of the molecule is CNC(C(=O)Nc1ccc2c(c1)CCN2C(C)=O)c1cnn(C)c1. The number of anilines is 2. The second-order valence-electron chi connectivity index (χ2n) is 5.92. The molecular formula is C17H21N5O2. The van der Waals surface area contributed by atoms with Gasteiger partial charge in [0.1, 0.15) is 6.04 Å². The van der Waals surface area contributed by atoms with Gasteiger partial charge in [-0.2, -0.15) is 5.10 Å². The Bertz CT molecular complexity index is 783. The van der Waals surface area contributed by atoms with Gasteiger partial charge in [0.15, 0.2) is 0 Å². The van der Waals surface area contributed by atoms with Gasteiger partial charge in [0, 0.05) is 43.7 Å². The van der Waals surface area contributed by atoms with Crippen molar-refractivity contribution in [3.05, 3.63) is 41.7 Å². The molecule has 2 N–H and O–H groups in total. The van der Waals surface area contributed by atoms with Gasteiger partial charge in [-0.1, -0.05) is 0 Å². The third-order valence-electron chi connectivity index (χ3n) is 4.23. The molecule has 3 rings (SSSR count). The first-order valence-electron chi connectivity index (χ1n) is 7.87. The zero-order chi connectivity index (χ0) is 17.3. The predicted molar refractivity (Wildman–Crippen MR) is 91.8 cm³/mol. The number of fused-ring (bicyclic) bond motifs is 1. The highest BCUT2D eigenvalue weighted by atomic mass is 16.2. The van der Waals surface area contributed by atoms with Gasteiger partial charge in [0.25, 0.3) is 0 Å². The van der Waals surface area contributed by atoms with Crippen LogP contribution in [-0.4, -0.2) is 35.2 Å². The second kappa shape index (κ2) is 6.45. The number of nitrogens with zero attached hydrogens (tertiary/aromatic N) is 3. The maximum absolute atomic E-state index is 12.6. The Balaban J connectivity index is 1.76. The molecule has 0 spiro atoms. The average molecular weight is 327 g/mol. The van der Waals surface area contributed by atoms with E-state index < -0.39 is 6.04 Å². The molecule has 2 amide bonds. The van der Waals surface area contributed by atoms with Crippen molar-refractivity contribution in [1.29, 1.82) is 0 Å². The zero-order valence-electron chi connectivity index (χ0n) is 14.0. The molecule has 126 valence electrons. The minimum Gasteiger partial charge on any atom is -0.324 e. The van der Waals surface area contributed by atoms with Crippen molar-refractivity contribution in [1.82, 2.24) is 15.1 Å². The summed E-state index contributed by atoms with van der Waals surface area (Å²) in [6.45, 7) is 2.26. The highest BCUT2D eigenvalue weighted by Gasteiger charge is 2.24. The van der Waals surface area contributed by atoms with Crippen LogP contribution in [0, 0.1) is 0 Å². The number of hydrogen-bond acceptors (Lipinski definition) is 4. The minimum atomic E-state index is -0.472. The molecule has 0 radical (unpaired) electrons. The van der Waals surface area contributed by atoms with Crippen molar-refractivity contribution in [2.45, 2.75) is 19.4 Å². The molecule has 0 fully saturated rings. The van der Waals surface area contributed by atoms with E-state index in [9.17, 15) is 9.59 Å². The lowest BCUT2D eigenvalue weighted by molar-refractivity contribution is -0.118. The quantitative estimate of drug-likeness (QED) is 0.885. The molecule has 2 aromatic rings. The van der Waals surface area contributed by atoms with E-state index in [2.05, 4.69) is 15.7 Å². The lowest BCUT2D eigenvalue weighted by Gasteiger charge is -2.17. The van der Waals surface area contributed by atoms with Crippen molar-refractivity contribution < 1.29 is 9.59 Å². The Morgan fingerprint density at radius 2 is 2.12 bits per heavy atom. The highest BCUT2D eigenvalue weighted by molar-refractivity contribution is 5.97. The molecular weight excluding hydrogens is 306 g/mol. The fourth-order valence-corrected chi connectivity index (χ4v) is 3.06. The number of likely N-dealkylation sites (N-methyl/N-ethyl adjacent to an activating group) is 1. The largest absolute Gasteiger partial charge is 0.324 e. The first-order valence-corrected chi connectivity index (χ1v) is 7.87. The van der Waals surface area contributed by atoms with Crippen molar-refractivity contribution in [3.63, 3.8) is 0 Å². The van der Waals surface area contributed by atoms with Crippen molar-refractivity contribution in [2.75, 3.05) is 23.8 Å². The van der Waals surface area contributed by atoms with Crippen molar-refractivity contribution in [3.8, 4) is 0 Å². The van der Waals surface area contributed by atoms with Crippen LogP contribution >= 0.6 is 0 Å². The number of benzene rings is 1. The van der Waals surface area contributed by atoms with Gasteiger partial charge < -0.3 is 15.5 Å². The highest BCUT2D eigenvalue weighted by Crippen LogP contribution is 2.30. The third kappa shape index (κ3) is 3.03. The second-order valence-corrected chi connectivity index (χ2v) is 5.92. The van der Waals surface area contributed by atoms with Crippen LogP contribution < -0.4 is 15.5 Å². The van der Waals surface area contributed by atoms with Crippen LogP contribution in [0.25, 0.3) is 0 Å². The summed E-state index contributed by atoms with van der Waals surface area (Å²) >= 11 is 0. The summed E-state index contributed by atoms with van der Waals surface area (Å²) < 4.78 is 1.67. The average Bonchev–Trinajstić information content (AvgIpc) is 3.14. The van der Waals surface area contributed by atoms with Crippen LogP contribution in [0.1, 0.15) is 24.1 Å². The molecule has 7 heteroatoms. The molecule has 1 aromatic carbocycles. The van der Waals surface area contributed by atoms with Crippen LogP contribution in [0.2, 0.25) is 0 Å². The molecule has 0 saturated carbocycles. The summed E-state index contributed by atoms with van der Waals surface area (Å²) in [4.78, 5) is 25.9. The topological polar surface area (TPSA) is 79.3 Å². The fourth-order valence-electron chi connectivity index (χ4n) is 3.06. The minimum absolute atomic E-state index is 0.0392. The third-order valence-corrected chi connectivity index (χ3v) is 4.23. The Morgan fingerprint density at radius 3 is 2.75 bits per heavy atom. The van der Waals surface area contributed by atoms with Gasteiger partial charge >= 0.3 is 0 Å². The van der Waals surface area contributed by atoms with Crippen molar-refractivity contribution >= 4 is 23.2 Å². The molecule has 2 heterocycles. The van der Waals surface area contributed by atoms with E-state index in [-0.39, 0.29) is 11.8 Å². The molecule has 7 nitrogen and oxygen atoms in total. The van der Waals surface area contributed by atoms with Gasteiger partial charge in [-0.25, -0.2) is 0 Å². The van der Waals surface area contributed by atoms with Crippen LogP contribution in [0.5, 0.6) is 0 Å². The normalized spacial score (nSPS) is 14.4. The molecule has 0 aliphatic carbocycles. The van der Waals surface area contributed by atoms with Gasteiger partial charge in [0.2, 0.25) is 11.8 Å². The summed E-state index contributed by atoms with van der Waals surface area (Å²) in [6, 6.07) is 5.18. The number of carbonyl (C=O) groups is 2. The Morgan fingerprint density at radius 1 is 1.33 bits per heavy atom. The number of aromatic nitrogens is 2. The number of aryl methyl sites for hydroxylation is 1. The van der Waals surface area contributed by atoms with Crippen LogP contribution in [0.4, 0.5) is 11.4 Å². The summed E-state index contributed by atoms with van der Waals surface area (Å²) in [6.07, 6.45) is 4.29. The number of hydrogen-bond donors (Lipinski definition) is 2. The van der Waals surface area contributed by atoms with Crippen LogP contribution in [0.3, 0.4) is 0 Å². The van der Waals surface area contributed by atoms with Crippen LogP contribution in [0.15, 0.2) is 30.6 Å². The molecule has 24 heavy (non-hydrogen) atoms. The molecule has 1 atom stereocenters. The maximum atomic E-state index is 12.6. The zero-order valence-corrected chi connectivity index (χ0v) is 14.0. The number of nitrogens with one attached hydrogen (secondary N) is 2. The lowest BCUT2D eigenvalue weighted by atomic mass is 10.1. The number of rotatable bonds is 4. The Kier molecular flexibility index (Phi) is 4.35. The van der Waals surface area contributed by atoms with E-state index in [0.717, 1.165) is 28.9 Å². The van der Waals surface area contributed by atoms with E-state index in [1.54, 1.807) is 29.7 Å². The standard InChI is InChI=1S/C17H21N5O2/c1-11(23)22-7-6-12-8-14(4-5-15(12)22)20-17(24)16(18-2)13-9-19-21(3)10-13/h4-5,8-10,16,18H,6-7H2,1-3H3,(H,20,24). The molecule has 0 bridgehead atoms. The lowest BCUT2D eigenvalue weighted by Crippen LogP contribution is -2.30. The van der Waals surface area contributed by atoms with E-state index in [0.29, 0.717) is 6.54 Å². The van der Waals surface area contributed by atoms with E-state index in [1.165, 1.54) is 0 Å². The van der Waals surface area contributed by atoms with Crippen LogP contribution in [-0.2, 0) is 23.1 Å². The van der Waals surface area contributed by atoms with E-state index in [4.69, 9.17) is 0 Å². The molecule has 0 saturated heterocycles. The van der Waals surface area contributed by atoms with E-state index in [1.807, 2.05) is 31.4 Å². The first kappa shape index (κ1) is 16.2. The summed E-state index contributed by atoms with van der Waals surface area (Å²) in [5, 5.41) is 10.0. The van der Waals surface area contributed by atoms with Gasteiger partial charge in [-0.3, -0.25) is 14.3 Å². The summed E-state index contributed by atoms with van der Waals surface area (Å²) in [5.74, 6) is -0.107. The summed E-state index contributed by atoms with van der Waals surface area (Å²) in [5.41, 5.74) is 3.54. The van der Waals surface area contributed by atoms with Gasteiger partial charge in [-0.05, 0) is 37.2 Å². The molecule has 1 aliphatic rings. The smallest absolute Gasteiger partial charge is 0.246 e. The van der Waals surface area contributed by atoms with Gasteiger partial charge in [0.05, 0.1) is 6.20 Å². The van der Waals surface area contributed by atoms with Crippen molar-refractivity contribution in [2.24, 2.45) is 7.05 Å². The molecule has 1 unspecified atom stereocenters.